The van der Waals surface area contributed by atoms with Gasteiger partial charge in [-0.3, -0.25) is 0 Å². The third-order valence-corrected chi connectivity index (χ3v) is 3.19. The Morgan fingerprint density at radius 1 is 1.50 bits per heavy atom. The monoisotopic (exact) mass is 223 g/mol. The van der Waals surface area contributed by atoms with Gasteiger partial charge in [0, 0.05) is 6.04 Å². The Balaban J connectivity index is 2.38. The first-order valence-corrected chi connectivity index (χ1v) is 5.57. The fourth-order valence-electron chi connectivity index (χ4n) is 2.43. The van der Waals surface area contributed by atoms with Gasteiger partial charge in [-0.2, -0.15) is 0 Å². The van der Waals surface area contributed by atoms with E-state index in [1.807, 2.05) is 11.5 Å². The molecule has 5 nitrogen and oxygen atoms in total. The van der Waals surface area contributed by atoms with Crippen LogP contribution in [-0.4, -0.2) is 22.6 Å². The van der Waals surface area contributed by atoms with E-state index in [9.17, 15) is 4.79 Å². The molecule has 5 heteroatoms. The van der Waals surface area contributed by atoms with E-state index in [2.05, 4.69) is 9.72 Å². The lowest BCUT2D eigenvalue weighted by Crippen LogP contribution is -2.12. The largest absolute Gasteiger partial charge is 0.464 e. The van der Waals surface area contributed by atoms with Crippen molar-refractivity contribution in [2.24, 2.45) is 0 Å². The summed E-state index contributed by atoms with van der Waals surface area (Å²) in [5.41, 5.74) is 6.20. The van der Waals surface area contributed by atoms with Crippen LogP contribution in [0.2, 0.25) is 0 Å². The molecule has 0 spiro atoms. The molecule has 0 atom stereocenters. The Bertz CT molecular complexity index is 406. The Labute approximate surface area is 94.6 Å². The standard InChI is InChI=1S/C11H17N3O2/c1-7-13-9(11(15)16-2)10(12)14(7)8-5-3-4-6-8/h8H,3-6,12H2,1-2H3. The van der Waals surface area contributed by atoms with Crippen molar-refractivity contribution in [3.63, 3.8) is 0 Å². The van der Waals surface area contributed by atoms with Crippen LogP contribution in [0.5, 0.6) is 0 Å². The number of nitrogens with zero attached hydrogens (tertiary/aromatic N) is 2. The number of methoxy groups -OCH3 is 1. The molecular formula is C11H17N3O2. The highest BCUT2D eigenvalue weighted by Crippen LogP contribution is 2.33. The molecular weight excluding hydrogens is 206 g/mol. The highest BCUT2D eigenvalue weighted by molar-refractivity contribution is 5.92. The minimum Gasteiger partial charge on any atom is -0.464 e. The first kappa shape index (κ1) is 11.0. The first-order chi connectivity index (χ1) is 7.65. The number of esters is 1. The van der Waals surface area contributed by atoms with Crippen molar-refractivity contribution in [3.05, 3.63) is 11.5 Å². The van der Waals surface area contributed by atoms with E-state index < -0.39 is 5.97 Å². The van der Waals surface area contributed by atoms with Gasteiger partial charge in [0.25, 0.3) is 0 Å². The Kier molecular flexibility index (Phi) is 2.85. The number of aryl methyl sites for hydroxylation is 1. The van der Waals surface area contributed by atoms with Gasteiger partial charge in [0.05, 0.1) is 7.11 Å². The Morgan fingerprint density at radius 3 is 2.69 bits per heavy atom. The molecule has 0 amide bonds. The Hall–Kier alpha value is -1.52. The zero-order chi connectivity index (χ0) is 11.7. The highest BCUT2D eigenvalue weighted by atomic mass is 16.5. The molecule has 16 heavy (non-hydrogen) atoms. The Morgan fingerprint density at radius 2 is 2.12 bits per heavy atom. The zero-order valence-electron chi connectivity index (χ0n) is 9.69. The van der Waals surface area contributed by atoms with Crippen LogP contribution in [0, 0.1) is 6.92 Å². The lowest BCUT2D eigenvalue weighted by molar-refractivity contribution is 0.0595. The minimum absolute atomic E-state index is 0.242. The van der Waals surface area contributed by atoms with Crippen LogP contribution < -0.4 is 5.73 Å². The van der Waals surface area contributed by atoms with Crippen LogP contribution in [0.3, 0.4) is 0 Å². The molecule has 2 N–H and O–H groups in total. The number of nitrogen functional groups attached to an aromatic ring is 1. The highest BCUT2D eigenvalue weighted by Gasteiger charge is 2.25. The van der Waals surface area contributed by atoms with Gasteiger partial charge in [-0.1, -0.05) is 12.8 Å². The summed E-state index contributed by atoms with van der Waals surface area (Å²) < 4.78 is 6.62. The van der Waals surface area contributed by atoms with Gasteiger partial charge in [-0.25, -0.2) is 9.78 Å². The predicted octanol–water partition coefficient (Wildman–Crippen LogP) is 1.68. The molecule has 1 aliphatic carbocycles. The average molecular weight is 223 g/mol. The van der Waals surface area contributed by atoms with E-state index >= 15 is 0 Å². The van der Waals surface area contributed by atoms with Crippen molar-refractivity contribution >= 4 is 11.8 Å². The van der Waals surface area contributed by atoms with E-state index in [1.54, 1.807) is 0 Å². The summed E-state index contributed by atoms with van der Waals surface area (Å²) in [6, 6.07) is 0.394. The van der Waals surface area contributed by atoms with E-state index in [1.165, 1.54) is 20.0 Å². The lowest BCUT2D eigenvalue weighted by atomic mass is 10.2. The molecule has 0 unspecified atom stereocenters. The number of nitrogens with two attached hydrogens (primary N) is 1. The molecule has 2 rings (SSSR count). The van der Waals surface area contributed by atoms with Gasteiger partial charge in [-0.15, -0.1) is 0 Å². The van der Waals surface area contributed by atoms with Crippen LogP contribution in [0.4, 0.5) is 5.82 Å². The third-order valence-electron chi connectivity index (χ3n) is 3.19. The van der Waals surface area contributed by atoms with E-state index in [4.69, 9.17) is 5.73 Å². The maximum absolute atomic E-state index is 11.4. The topological polar surface area (TPSA) is 70.1 Å². The SMILES string of the molecule is COC(=O)c1nc(C)n(C2CCCC2)c1N. The molecule has 1 heterocycles. The lowest BCUT2D eigenvalue weighted by Gasteiger charge is -2.14. The van der Waals surface area contributed by atoms with Crippen LogP contribution in [0.1, 0.15) is 48.0 Å². The molecule has 0 bridgehead atoms. The van der Waals surface area contributed by atoms with Crippen LogP contribution in [0.25, 0.3) is 0 Å². The minimum atomic E-state index is -0.461. The molecule has 1 fully saturated rings. The second-order valence-electron chi connectivity index (χ2n) is 4.19. The van der Waals surface area contributed by atoms with Crippen LogP contribution >= 0.6 is 0 Å². The van der Waals surface area contributed by atoms with E-state index in [0.717, 1.165) is 18.7 Å². The van der Waals surface area contributed by atoms with E-state index in [0.29, 0.717) is 11.9 Å². The number of ether oxygens (including phenoxy) is 1. The maximum atomic E-state index is 11.4. The van der Waals surface area contributed by atoms with Crippen molar-refractivity contribution in [2.75, 3.05) is 12.8 Å². The van der Waals surface area contributed by atoms with Crippen molar-refractivity contribution < 1.29 is 9.53 Å². The summed E-state index contributed by atoms with van der Waals surface area (Å²) in [5, 5.41) is 0. The summed E-state index contributed by atoms with van der Waals surface area (Å²) in [6.07, 6.45) is 4.66. The molecule has 0 aliphatic heterocycles. The van der Waals surface area contributed by atoms with Gasteiger partial charge in [-0.05, 0) is 19.8 Å². The second kappa shape index (κ2) is 4.15. The van der Waals surface area contributed by atoms with Crippen molar-refractivity contribution in [1.82, 2.24) is 9.55 Å². The normalized spacial score (nSPS) is 16.6. The molecule has 1 aliphatic rings. The third kappa shape index (κ3) is 1.66. The first-order valence-electron chi connectivity index (χ1n) is 5.57. The summed E-state index contributed by atoms with van der Waals surface area (Å²) in [7, 11) is 1.34. The van der Waals surface area contributed by atoms with Crippen LogP contribution in [0.15, 0.2) is 0 Å². The maximum Gasteiger partial charge on any atom is 0.360 e. The number of anilines is 1. The number of carbonyl (C=O) groups excluding carboxylic acids is 1. The summed E-state index contributed by atoms with van der Waals surface area (Å²) in [5.74, 6) is 0.776. The fourth-order valence-corrected chi connectivity index (χ4v) is 2.43. The number of hydrogen-bond acceptors (Lipinski definition) is 4. The summed E-state index contributed by atoms with van der Waals surface area (Å²) >= 11 is 0. The van der Waals surface area contributed by atoms with Gasteiger partial charge in [0.1, 0.15) is 11.6 Å². The van der Waals surface area contributed by atoms with Crippen molar-refractivity contribution in [2.45, 2.75) is 38.6 Å². The van der Waals surface area contributed by atoms with Gasteiger partial charge >= 0.3 is 5.97 Å². The average Bonchev–Trinajstić information content (AvgIpc) is 2.86. The second-order valence-corrected chi connectivity index (χ2v) is 4.19. The molecule has 0 radical (unpaired) electrons. The number of hydrogen-bond donors (Lipinski definition) is 1. The van der Waals surface area contributed by atoms with Crippen molar-refractivity contribution in [1.29, 1.82) is 0 Å². The number of rotatable bonds is 2. The molecule has 0 aromatic carbocycles. The van der Waals surface area contributed by atoms with E-state index in [-0.39, 0.29) is 5.69 Å². The molecule has 1 aromatic rings. The smallest absolute Gasteiger partial charge is 0.360 e. The van der Waals surface area contributed by atoms with Gasteiger partial charge in [0.2, 0.25) is 0 Å². The van der Waals surface area contributed by atoms with Crippen molar-refractivity contribution in [3.8, 4) is 0 Å². The zero-order valence-corrected chi connectivity index (χ0v) is 9.69. The summed E-state index contributed by atoms with van der Waals surface area (Å²) in [4.78, 5) is 15.6. The molecule has 1 saturated carbocycles. The number of carbonyl (C=O) groups is 1. The number of aromatic nitrogens is 2. The molecule has 0 saturated heterocycles. The van der Waals surface area contributed by atoms with Crippen LogP contribution in [-0.2, 0) is 4.74 Å². The quantitative estimate of drug-likeness (QED) is 0.774. The molecule has 1 aromatic heterocycles. The molecule has 88 valence electrons. The number of imidazole rings is 1. The fraction of sp³-hybridized carbons (Fsp3) is 0.636. The van der Waals surface area contributed by atoms with Gasteiger partial charge < -0.3 is 15.0 Å². The predicted molar refractivity (Wildman–Crippen MR) is 60.2 cm³/mol. The summed E-state index contributed by atoms with van der Waals surface area (Å²) in [6.45, 7) is 1.88. The van der Waals surface area contributed by atoms with Gasteiger partial charge in [0.15, 0.2) is 5.69 Å².